The summed E-state index contributed by atoms with van der Waals surface area (Å²) < 4.78 is 5.53. The van der Waals surface area contributed by atoms with Crippen molar-refractivity contribution in [3.8, 4) is 0 Å². The van der Waals surface area contributed by atoms with Crippen molar-refractivity contribution in [2.45, 2.75) is 38.3 Å². The van der Waals surface area contributed by atoms with Gasteiger partial charge in [0.05, 0.1) is 6.54 Å². The van der Waals surface area contributed by atoms with Gasteiger partial charge in [-0.05, 0) is 31.4 Å². The number of rotatable bonds is 6. The van der Waals surface area contributed by atoms with E-state index in [1.54, 1.807) is 0 Å². The van der Waals surface area contributed by atoms with Crippen molar-refractivity contribution in [3.63, 3.8) is 0 Å². The molecule has 2 amide bonds. The van der Waals surface area contributed by atoms with Crippen LogP contribution in [0.1, 0.15) is 30.9 Å². The first-order chi connectivity index (χ1) is 10.4. The van der Waals surface area contributed by atoms with E-state index in [2.05, 4.69) is 0 Å². The van der Waals surface area contributed by atoms with E-state index in [-0.39, 0.29) is 19.4 Å². The number of carbonyl (C=O) groups is 3. The molecule has 1 aromatic rings. The van der Waals surface area contributed by atoms with Crippen LogP contribution in [-0.4, -0.2) is 35.8 Å². The van der Waals surface area contributed by atoms with Gasteiger partial charge in [0, 0.05) is 6.42 Å². The fourth-order valence-electron chi connectivity index (χ4n) is 2.89. The van der Waals surface area contributed by atoms with Gasteiger partial charge in [-0.15, -0.1) is 0 Å². The molecule has 1 heterocycles. The molecule has 2 N–H and O–H groups in total. The molecular formula is C16H20N2O4. The number of cyclic esters (lactones) is 1. The first kappa shape index (κ1) is 16.0. The molecule has 6 heteroatoms. The molecule has 2 rings (SSSR count). The topological polar surface area (TPSA) is 89.7 Å². The fourth-order valence-corrected chi connectivity index (χ4v) is 2.89. The van der Waals surface area contributed by atoms with Crippen molar-refractivity contribution in [2.75, 3.05) is 6.54 Å². The summed E-state index contributed by atoms with van der Waals surface area (Å²) >= 11 is 0. The van der Waals surface area contributed by atoms with Gasteiger partial charge in [0.25, 0.3) is 0 Å². The molecule has 1 unspecified atom stereocenters. The minimum absolute atomic E-state index is 0.165. The van der Waals surface area contributed by atoms with Crippen LogP contribution in [0.2, 0.25) is 0 Å². The molecule has 1 aliphatic rings. The van der Waals surface area contributed by atoms with Gasteiger partial charge in [0.2, 0.25) is 5.91 Å². The zero-order valence-corrected chi connectivity index (χ0v) is 12.7. The summed E-state index contributed by atoms with van der Waals surface area (Å²) in [6, 6.07) is 6.80. The maximum Gasteiger partial charge on any atom is 0.411 e. The highest BCUT2D eigenvalue weighted by Gasteiger charge is 2.47. The quantitative estimate of drug-likeness (QED) is 0.806. The lowest BCUT2D eigenvalue weighted by Crippen LogP contribution is -2.46. The van der Waals surface area contributed by atoms with Crippen LogP contribution in [0.5, 0.6) is 0 Å². The van der Waals surface area contributed by atoms with Crippen LogP contribution < -0.4 is 5.73 Å². The van der Waals surface area contributed by atoms with Gasteiger partial charge >= 0.3 is 6.09 Å². The number of hydrogen-bond donors (Lipinski definition) is 1. The smallest absolute Gasteiger partial charge is 0.411 e. The van der Waals surface area contributed by atoms with Crippen molar-refractivity contribution in [3.05, 3.63) is 35.4 Å². The van der Waals surface area contributed by atoms with Crippen LogP contribution in [0.25, 0.3) is 0 Å². The monoisotopic (exact) mass is 304 g/mol. The molecule has 0 aromatic heterocycles. The van der Waals surface area contributed by atoms with E-state index in [0.29, 0.717) is 6.29 Å². The van der Waals surface area contributed by atoms with E-state index in [0.717, 1.165) is 11.1 Å². The highest BCUT2D eigenvalue weighted by Crippen LogP contribution is 2.36. The number of aryl methyl sites for hydroxylation is 1. The van der Waals surface area contributed by atoms with Crippen molar-refractivity contribution in [2.24, 2.45) is 5.73 Å². The molecule has 1 aromatic carbocycles. The van der Waals surface area contributed by atoms with Gasteiger partial charge < -0.3 is 15.3 Å². The van der Waals surface area contributed by atoms with Crippen molar-refractivity contribution in [1.82, 2.24) is 4.90 Å². The Kier molecular flexibility index (Phi) is 4.49. The van der Waals surface area contributed by atoms with Crippen LogP contribution in [0.15, 0.2) is 24.3 Å². The Morgan fingerprint density at radius 3 is 2.77 bits per heavy atom. The average molecular weight is 304 g/mol. The van der Waals surface area contributed by atoms with E-state index < -0.39 is 23.6 Å². The van der Waals surface area contributed by atoms with Gasteiger partial charge in [0.15, 0.2) is 5.60 Å². The van der Waals surface area contributed by atoms with Crippen LogP contribution >= 0.6 is 0 Å². The number of carbonyl (C=O) groups excluding carboxylic acids is 3. The van der Waals surface area contributed by atoms with Crippen molar-refractivity contribution >= 4 is 18.3 Å². The highest BCUT2D eigenvalue weighted by atomic mass is 16.6. The second-order valence-corrected chi connectivity index (χ2v) is 5.70. The highest BCUT2D eigenvalue weighted by molar-refractivity contribution is 5.85. The van der Waals surface area contributed by atoms with Crippen molar-refractivity contribution < 1.29 is 19.1 Å². The van der Waals surface area contributed by atoms with E-state index in [4.69, 9.17) is 10.5 Å². The first-order valence-electron chi connectivity index (χ1n) is 7.17. The van der Waals surface area contributed by atoms with E-state index in [9.17, 15) is 14.4 Å². The Balaban J connectivity index is 2.27. The van der Waals surface area contributed by atoms with Crippen LogP contribution in [-0.2, 0) is 19.9 Å². The summed E-state index contributed by atoms with van der Waals surface area (Å²) in [6.45, 7) is 3.98. The van der Waals surface area contributed by atoms with E-state index >= 15 is 0 Å². The molecule has 0 saturated carbocycles. The maximum absolute atomic E-state index is 12.2. The third kappa shape index (κ3) is 2.95. The molecule has 2 atom stereocenters. The summed E-state index contributed by atoms with van der Waals surface area (Å²) in [4.78, 5) is 35.7. The number of ether oxygens (including phenoxy) is 1. The number of primary amides is 1. The lowest BCUT2D eigenvalue weighted by Gasteiger charge is -2.26. The SMILES string of the molecule is Cc1ccccc1[C@@]1(C)CN(C(CCC=O)C(N)=O)C(=O)O1. The summed E-state index contributed by atoms with van der Waals surface area (Å²) in [5.41, 5.74) is 6.43. The Hall–Kier alpha value is -2.37. The predicted octanol–water partition coefficient (Wildman–Crippen LogP) is 1.50. The number of hydrogen-bond acceptors (Lipinski definition) is 4. The van der Waals surface area contributed by atoms with Gasteiger partial charge in [-0.2, -0.15) is 0 Å². The zero-order valence-electron chi connectivity index (χ0n) is 12.7. The summed E-state index contributed by atoms with van der Waals surface area (Å²) in [5.74, 6) is -0.632. The van der Waals surface area contributed by atoms with E-state index in [1.165, 1.54) is 4.90 Å². The van der Waals surface area contributed by atoms with Gasteiger partial charge in [-0.25, -0.2) is 4.79 Å². The second-order valence-electron chi connectivity index (χ2n) is 5.70. The van der Waals surface area contributed by atoms with Gasteiger partial charge in [-0.3, -0.25) is 9.69 Å². The van der Waals surface area contributed by atoms with Crippen LogP contribution in [0, 0.1) is 6.92 Å². The third-order valence-corrected chi connectivity index (χ3v) is 4.00. The summed E-state index contributed by atoms with van der Waals surface area (Å²) in [6.07, 6.45) is 0.495. The number of nitrogens with zero attached hydrogens (tertiary/aromatic N) is 1. The molecule has 0 spiro atoms. The zero-order chi connectivity index (χ0) is 16.3. The molecule has 1 saturated heterocycles. The molecule has 6 nitrogen and oxygen atoms in total. The van der Waals surface area contributed by atoms with E-state index in [1.807, 2.05) is 38.1 Å². The molecule has 22 heavy (non-hydrogen) atoms. The lowest BCUT2D eigenvalue weighted by atomic mass is 9.91. The summed E-state index contributed by atoms with van der Waals surface area (Å²) in [5, 5.41) is 0. The minimum atomic E-state index is -0.836. The third-order valence-electron chi connectivity index (χ3n) is 4.00. The number of amides is 2. The Morgan fingerprint density at radius 1 is 1.50 bits per heavy atom. The molecule has 0 aliphatic carbocycles. The predicted molar refractivity (Wildman–Crippen MR) is 80.0 cm³/mol. The first-order valence-corrected chi connectivity index (χ1v) is 7.17. The number of nitrogens with two attached hydrogens (primary N) is 1. The number of benzene rings is 1. The molecule has 1 aliphatic heterocycles. The molecule has 0 radical (unpaired) electrons. The fraction of sp³-hybridized carbons (Fsp3) is 0.438. The lowest BCUT2D eigenvalue weighted by molar-refractivity contribution is -0.122. The molecule has 0 bridgehead atoms. The largest absolute Gasteiger partial charge is 0.436 e. The van der Waals surface area contributed by atoms with Crippen molar-refractivity contribution in [1.29, 1.82) is 0 Å². The van der Waals surface area contributed by atoms with Crippen LogP contribution in [0.4, 0.5) is 4.79 Å². The second kappa shape index (κ2) is 6.17. The maximum atomic E-state index is 12.2. The molecular weight excluding hydrogens is 284 g/mol. The Bertz CT molecular complexity index is 602. The average Bonchev–Trinajstić information content (AvgIpc) is 2.75. The van der Waals surface area contributed by atoms with Gasteiger partial charge in [-0.1, -0.05) is 24.3 Å². The summed E-state index contributed by atoms with van der Waals surface area (Å²) in [7, 11) is 0. The van der Waals surface area contributed by atoms with Crippen LogP contribution in [0.3, 0.4) is 0 Å². The number of aldehydes is 1. The minimum Gasteiger partial charge on any atom is -0.436 e. The van der Waals surface area contributed by atoms with Gasteiger partial charge in [0.1, 0.15) is 12.3 Å². The standard InChI is InChI=1S/C16H20N2O4/c1-11-6-3-4-7-12(11)16(2)10-18(15(21)22-16)13(14(17)20)8-5-9-19/h3-4,6-7,9,13H,5,8,10H2,1-2H3,(H2,17,20)/t13?,16-/m1/s1. The normalized spacial score (nSPS) is 22.3. The molecule has 1 fully saturated rings. The Labute approximate surface area is 129 Å². The Morgan fingerprint density at radius 2 is 2.18 bits per heavy atom. The molecule has 118 valence electrons.